The van der Waals surface area contributed by atoms with Crippen LogP contribution in [0.5, 0.6) is 5.75 Å². The summed E-state index contributed by atoms with van der Waals surface area (Å²) in [6.07, 6.45) is 1.96. The van der Waals surface area contributed by atoms with Gasteiger partial charge in [0.05, 0.1) is 7.11 Å². The number of aromatic nitrogens is 1. The smallest absolute Gasteiger partial charge is 0.248 e. The van der Waals surface area contributed by atoms with Crippen molar-refractivity contribution in [1.29, 1.82) is 0 Å². The lowest BCUT2D eigenvalue weighted by Crippen LogP contribution is -2.27. The number of methoxy groups -OCH3 is 1. The number of nitrogens with two attached hydrogens (primary N) is 1. The van der Waals surface area contributed by atoms with Crippen LogP contribution in [0.2, 0.25) is 0 Å². The highest BCUT2D eigenvalue weighted by Gasteiger charge is 2.34. The van der Waals surface area contributed by atoms with Gasteiger partial charge in [-0.05, 0) is 72.7 Å². The molecule has 5 heteroatoms. The van der Waals surface area contributed by atoms with Crippen LogP contribution in [0.4, 0.5) is 0 Å². The summed E-state index contributed by atoms with van der Waals surface area (Å²) in [5, 5.41) is 0. The third-order valence-electron chi connectivity index (χ3n) is 6.04. The molecule has 0 bridgehead atoms. The average Bonchev–Trinajstić information content (AvgIpc) is 3.03. The summed E-state index contributed by atoms with van der Waals surface area (Å²) < 4.78 is 7.39. The van der Waals surface area contributed by atoms with E-state index in [1.807, 2.05) is 49.4 Å². The van der Waals surface area contributed by atoms with E-state index in [1.54, 1.807) is 13.2 Å². The fraction of sp³-hybridized carbons (Fsp3) is 0.308. The Morgan fingerprint density at radius 1 is 1.10 bits per heavy atom. The minimum Gasteiger partial charge on any atom is -0.497 e. The van der Waals surface area contributed by atoms with Gasteiger partial charge in [-0.1, -0.05) is 26.0 Å². The first-order chi connectivity index (χ1) is 14.7. The van der Waals surface area contributed by atoms with Gasteiger partial charge in [0.15, 0.2) is 5.78 Å². The number of aryl methyl sites for hydroxylation is 1. The van der Waals surface area contributed by atoms with Crippen molar-refractivity contribution in [2.45, 2.75) is 40.0 Å². The van der Waals surface area contributed by atoms with E-state index in [4.69, 9.17) is 10.5 Å². The predicted molar refractivity (Wildman–Crippen MR) is 121 cm³/mol. The number of fused-ring (bicyclic) bond motifs is 1. The van der Waals surface area contributed by atoms with Gasteiger partial charge < -0.3 is 15.0 Å². The molecule has 3 aromatic rings. The Balaban J connectivity index is 1.80. The van der Waals surface area contributed by atoms with Crippen LogP contribution in [0.1, 0.15) is 63.5 Å². The number of rotatable bonds is 5. The summed E-state index contributed by atoms with van der Waals surface area (Å²) in [7, 11) is 1.63. The van der Waals surface area contributed by atoms with Gasteiger partial charge in [-0.25, -0.2) is 0 Å². The normalized spacial score (nSPS) is 14.9. The molecule has 0 spiro atoms. The number of carbonyl (C=O) groups is 2. The number of ketones is 1. The van der Waals surface area contributed by atoms with Crippen LogP contribution in [0.3, 0.4) is 0 Å². The molecule has 0 saturated carbocycles. The molecule has 2 N–H and O–H groups in total. The molecule has 31 heavy (non-hydrogen) atoms. The van der Waals surface area contributed by atoms with Gasteiger partial charge in [0, 0.05) is 34.6 Å². The summed E-state index contributed by atoms with van der Waals surface area (Å²) in [6, 6.07) is 15.5. The molecule has 1 aromatic heterocycles. The first-order valence-electron chi connectivity index (χ1n) is 10.5. The molecule has 1 aliphatic carbocycles. The predicted octanol–water partition coefficient (Wildman–Crippen LogP) is 4.64. The lowest BCUT2D eigenvalue weighted by Gasteiger charge is -2.30. The number of primary amides is 1. The second kappa shape index (κ2) is 7.73. The molecule has 1 aliphatic rings. The maximum atomic E-state index is 12.7. The molecule has 0 unspecified atom stereocenters. The maximum absolute atomic E-state index is 12.7. The third kappa shape index (κ3) is 4.00. The number of benzene rings is 2. The zero-order chi connectivity index (χ0) is 22.3. The van der Waals surface area contributed by atoms with Crippen molar-refractivity contribution in [3.05, 3.63) is 82.2 Å². The number of nitrogens with zero attached hydrogens (tertiary/aromatic N) is 1. The van der Waals surface area contributed by atoms with Crippen molar-refractivity contribution < 1.29 is 14.3 Å². The highest BCUT2D eigenvalue weighted by atomic mass is 16.5. The molecule has 2 aromatic carbocycles. The van der Waals surface area contributed by atoms with Crippen molar-refractivity contribution in [3.63, 3.8) is 0 Å². The molecule has 1 heterocycles. The summed E-state index contributed by atoms with van der Waals surface area (Å²) in [4.78, 5) is 24.8. The van der Waals surface area contributed by atoms with E-state index in [9.17, 15) is 9.59 Å². The molecule has 0 atom stereocenters. The number of ether oxygens (including phenoxy) is 1. The second-order valence-corrected chi connectivity index (χ2v) is 9.15. The average molecular weight is 417 g/mol. The molecule has 5 nitrogen and oxygen atoms in total. The van der Waals surface area contributed by atoms with E-state index < -0.39 is 5.91 Å². The van der Waals surface area contributed by atoms with Gasteiger partial charge in [-0.3, -0.25) is 9.59 Å². The number of hydrogen-bond donors (Lipinski definition) is 1. The van der Waals surface area contributed by atoms with Crippen LogP contribution in [0, 0.1) is 12.3 Å². The fourth-order valence-corrected chi connectivity index (χ4v) is 4.58. The minimum atomic E-state index is -0.447. The van der Waals surface area contributed by atoms with Gasteiger partial charge in [-0.15, -0.1) is 0 Å². The second-order valence-electron chi connectivity index (χ2n) is 9.15. The molecule has 160 valence electrons. The lowest BCUT2D eigenvalue weighted by molar-refractivity contribution is 0.0910. The van der Waals surface area contributed by atoms with Gasteiger partial charge in [0.25, 0.3) is 0 Å². The summed E-state index contributed by atoms with van der Waals surface area (Å²) in [5.41, 5.74) is 11.8. The highest BCUT2D eigenvalue weighted by molar-refractivity contribution is 5.99. The largest absolute Gasteiger partial charge is 0.497 e. The van der Waals surface area contributed by atoms with Crippen LogP contribution in [0.15, 0.2) is 48.5 Å². The molecule has 4 rings (SSSR count). The van der Waals surface area contributed by atoms with Crippen LogP contribution in [-0.2, 0) is 12.8 Å². The van der Waals surface area contributed by atoms with E-state index in [1.165, 1.54) is 0 Å². The Bertz CT molecular complexity index is 1170. The zero-order valence-electron chi connectivity index (χ0n) is 18.5. The third-order valence-corrected chi connectivity index (χ3v) is 6.04. The Morgan fingerprint density at radius 3 is 2.45 bits per heavy atom. The van der Waals surface area contributed by atoms with Crippen LogP contribution in [0.25, 0.3) is 5.69 Å². The molecule has 0 fully saturated rings. The Morgan fingerprint density at radius 2 is 1.81 bits per heavy atom. The topological polar surface area (TPSA) is 74.3 Å². The van der Waals surface area contributed by atoms with E-state index in [2.05, 4.69) is 18.4 Å². The highest BCUT2D eigenvalue weighted by Crippen LogP contribution is 2.37. The fourth-order valence-electron chi connectivity index (χ4n) is 4.58. The lowest BCUT2D eigenvalue weighted by atomic mass is 9.76. The summed E-state index contributed by atoms with van der Waals surface area (Å²) in [5.74, 6) is 0.535. The summed E-state index contributed by atoms with van der Waals surface area (Å²) >= 11 is 0. The first kappa shape index (κ1) is 20.9. The van der Waals surface area contributed by atoms with E-state index in [0.29, 0.717) is 18.4 Å². The number of Topliss-reactive ketones (excluding diaryl/α,β-unsaturated/α-hetero) is 1. The summed E-state index contributed by atoms with van der Waals surface area (Å²) in [6.45, 7) is 6.28. The van der Waals surface area contributed by atoms with Crippen molar-refractivity contribution in [2.24, 2.45) is 11.1 Å². The van der Waals surface area contributed by atoms with Crippen molar-refractivity contribution >= 4 is 11.7 Å². The Kier molecular flexibility index (Phi) is 5.21. The van der Waals surface area contributed by atoms with Crippen LogP contribution < -0.4 is 10.5 Å². The molecular weight excluding hydrogens is 388 g/mol. The first-order valence-corrected chi connectivity index (χ1v) is 10.5. The van der Waals surface area contributed by atoms with E-state index >= 15 is 0 Å². The van der Waals surface area contributed by atoms with E-state index in [-0.39, 0.29) is 11.2 Å². The number of hydrogen-bond acceptors (Lipinski definition) is 3. The van der Waals surface area contributed by atoms with Crippen LogP contribution in [-0.4, -0.2) is 23.4 Å². The Hall–Kier alpha value is -3.34. The van der Waals surface area contributed by atoms with Crippen molar-refractivity contribution in [3.8, 4) is 11.4 Å². The molecule has 1 amide bonds. The van der Waals surface area contributed by atoms with Crippen molar-refractivity contribution in [1.82, 2.24) is 4.57 Å². The van der Waals surface area contributed by atoms with E-state index in [0.717, 1.165) is 45.9 Å². The SMILES string of the molecule is COc1ccc(Cc2cc(-n3c(C)cc4c3CC(C)(C)CC4=O)ccc2C(N)=O)cc1. The van der Waals surface area contributed by atoms with Crippen molar-refractivity contribution in [2.75, 3.05) is 7.11 Å². The quantitative estimate of drug-likeness (QED) is 0.658. The van der Waals surface area contributed by atoms with Gasteiger partial charge in [-0.2, -0.15) is 0 Å². The van der Waals surface area contributed by atoms with Gasteiger partial charge in [0.1, 0.15) is 5.75 Å². The van der Waals surface area contributed by atoms with Crippen LogP contribution >= 0.6 is 0 Å². The molecular formula is C26H28N2O3. The zero-order valence-corrected chi connectivity index (χ0v) is 18.5. The van der Waals surface area contributed by atoms with Gasteiger partial charge in [0.2, 0.25) is 5.91 Å². The molecule has 0 aliphatic heterocycles. The minimum absolute atomic E-state index is 0.0777. The molecule has 0 saturated heterocycles. The number of carbonyl (C=O) groups excluding carboxylic acids is 2. The Labute approximate surface area is 182 Å². The standard InChI is InChI=1S/C26H28N2O3/c1-16-11-22-23(14-26(2,3)15-24(22)29)28(16)19-7-10-21(25(27)30)18(13-19)12-17-5-8-20(31-4)9-6-17/h5-11,13H,12,14-15H2,1-4H3,(H2,27,30). The maximum Gasteiger partial charge on any atom is 0.248 e. The number of amides is 1. The van der Waals surface area contributed by atoms with Gasteiger partial charge >= 0.3 is 0 Å². The molecule has 0 radical (unpaired) electrons. The monoisotopic (exact) mass is 416 g/mol.